The average molecular weight is 270 g/mol. The molecule has 0 saturated heterocycles. The Morgan fingerprint density at radius 2 is 2.08 bits per heavy atom. The molecule has 5 heteroatoms. The van der Waals surface area contributed by atoms with E-state index in [1.54, 1.807) is 18.2 Å². The number of hydrogen-bond donors (Lipinski definition) is 1. The molecule has 0 aromatic heterocycles. The molecule has 0 heterocycles. The van der Waals surface area contributed by atoms with E-state index in [2.05, 4.69) is 15.9 Å². The Labute approximate surface area is 85.6 Å². The lowest BCUT2D eigenvalue weighted by Gasteiger charge is -2.00. The fourth-order valence-electron chi connectivity index (χ4n) is 0.810. The number of rotatable bonds is 2. The second kappa shape index (κ2) is 4.25. The van der Waals surface area contributed by atoms with Crippen LogP contribution in [0.4, 0.5) is 0 Å². The minimum atomic E-state index is -2.41. The summed E-state index contributed by atoms with van der Waals surface area (Å²) in [7, 11) is -2.41. The van der Waals surface area contributed by atoms with E-state index in [0.29, 0.717) is 10.6 Å². The van der Waals surface area contributed by atoms with Gasteiger partial charge in [-0.2, -0.15) is 0 Å². The van der Waals surface area contributed by atoms with Gasteiger partial charge in [0.15, 0.2) is 0 Å². The Kier molecular flexibility index (Phi) is 3.55. The Bertz CT molecular complexity index is 354. The van der Waals surface area contributed by atoms with Crippen molar-refractivity contribution < 1.29 is 8.42 Å². The molecule has 0 radical (unpaired) electrons. The summed E-state index contributed by atoms with van der Waals surface area (Å²) in [5, 5.41) is 0.469. The van der Waals surface area contributed by atoms with Crippen molar-refractivity contribution in [1.82, 2.24) is 0 Å². The maximum Gasteiger partial charge on any atom is 0.144 e. The van der Waals surface area contributed by atoms with E-state index >= 15 is 0 Å². The number of thiol groups is 1. The summed E-state index contributed by atoms with van der Waals surface area (Å²) >= 11 is 9.03. The quantitative estimate of drug-likeness (QED) is 0.835. The maximum atomic E-state index is 10.4. The molecule has 0 saturated carbocycles. The van der Waals surface area contributed by atoms with E-state index in [0.717, 1.165) is 4.47 Å². The highest BCUT2D eigenvalue weighted by atomic mass is 79.9. The molecule has 1 rings (SSSR count). The first-order valence-corrected chi connectivity index (χ1v) is 5.69. The van der Waals surface area contributed by atoms with Crippen LogP contribution in [0, 0.1) is 0 Å². The number of benzene rings is 1. The predicted molar refractivity (Wildman–Crippen MR) is 53.2 cm³/mol. The Hall–Kier alpha value is -0.0600. The summed E-state index contributed by atoms with van der Waals surface area (Å²) in [5.74, 6) is -0.00634. The lowest BCUT2D eigenvalue weighted by Crippen LogP contribution is -1.88. The molecule has 0 fully saturated rings. The molecule has 0 spiro atoms. The van der Waals surface area contributed by atoms with Crippen molar-refractivity contribution in [3.8, 4) is 0 Å². The van der Waals surface area contributed by atoms with Gasteiger partial charge in [-0.05, 0) is 27.6 Å². The van der Waals surface area contributed by atoms with Gasteiger partial charge in [-0.1, -0.05) is 23.7 Å². The van der Waals surface area contributed by atoms with Crippen LogP contribution in [-0.4, -0.2) is 8.42 Å². The van der Waals surface area contributed by atoms with E-state index < -0.39 is 10.7 Å². The predicted octanol–water partition coefficient (Wildman–Crippen LogP) is 2.21. The van der Waals surface area contributed by atoms with E-state index in [-0.39, 0.29) is 5.75 Å². The van der Waals surface area contributed by atoms with Gasteiger partial charge in [0.05, 0.1) is 10.8 Å². The summed E-state index contributed by atoms with van der Waals surface area (Å²) in [6, 6.07) is 5.21. The standard InChI is InChI=1S/C7H6BrClO2S/c8-6-3-1-2-5(7(6)9)4-12(10)11/h1-3,12H,4H2. The van der Waals surface area contributed by atoms with Crippen molar-refractivity contribution in [2.75, 3.05) is 0 Å². The molecule has 0 amide bonds. The minimum absolute atomic E-state index is 0.00634. The zero-order valence-corrected chi connectivity index (χ0v) is 9.20. The molecular formula is C7H6BrClO2S. The summed E-state index contributed by atoms with van der Waals surface area (Å²) in [6.45, 7) is 0. The van der Waals surface area contributed by atoms with Gasteiger partial charge in [-0.15, -0.1) is 0 Å². The first-order chi connectivity index (χ1) is 5.61. The highest BCUT2D eigenvalue weighted by molar-refractivity contribution is 9.10. The second-order valence-electron chi connectivity index (χ2n) is 2.20. The van der Waals surface area contributed by atoms with Gasteiger partial charge in [0.1, 0.15) is 10.7 Å². The molecular weight excluding hydrogens is 263 g/mol. The van der Waals surface area contributed by atoms with Crippen LogP contribution in [0.3, 0.4) is 0 Å². The van der Waals surface area contributed by atoms with Crippen LogP contribution in [0.15, 0.2) is 22.7 Å². The van der Waals surface area contributed by atoms with Crippen LogP contribution in [0.1, 0.15) is 5.56 Å². The normalized spacial score (nSPS) is 10.6. The molecule has 66 valence electrons. The Morgan fingerprint density at radius 3 is 2.67 bits per heavy atom. The van der Waals surface area contributed by atoms with Crippen LogP contribution < -0.4 is 0 Å². The zero-order chi connectivity index (χ0) is 9.14. The second-order valence-corrected chi connectivity index (χ2v) is 4.42. The van der Waals surface area contributed by atoms with Gasteiger partial charge in [-0.25, -0.2) is 8.42 Å². The number of hydrogen-bond acceptors (Lipinski definition) is 2. The van der Waals surface area contributed by atoms with Gasteiger partial charge < -0.3 is 0 Å². The summed E-state index contributed by atoms with van der Waals surface area (Å²) in [4.78, 5) is 0. The molecule has 0 aliphatic rings. The van der Waals surface area contributed by atoms with Crippen LogP contribution in [0.25, 0.3) is 0 Å². The van der Waals surface area contributed by atoms with Gasteiger partial charge in [0, 0.05) is 4.47 Å². The molecule has 12 heavy (non-hydrogen) atoms. The molecule has 0 atom stereocenters. The van der Waals surface area contributed by atoms with E-state index in [4.69, 9.17) is 11.6 Å². The molecule has 0 aliphatic heterocycles. The molecule has 1 aromatic rings. The third-order valence-electron chi connectivity index (χ3n) is 1.33. The van der Waals surface area contributed by atoms with Crippen molar-refractivity contribution in [2.24, 2.45) is 0 Å². The van der Waals surface area contributed by atoms with Gasteiger partial charge in [0.2, 0.25) is 0 Å². The highest BCUT2D eigenvalue weighted by Crippen LogP contribution is 2.26. The van der Waals surface area contributed by atoms with Crippen molar-refractivity contribution in [1.29, 1.82) is 0 Å². The van der Waals surface area contributed by atoms with Gasteiger partial charge in [0.25, 0.3) is 0 Å². The monoisotopic (exact) mass is 268 g/mol. The SMILES string of the molecule is O=[SH](=O)Cc1cccc(Br)c1Cl. The van der Waals surface area contributed by atoms with Crippen LogP contribution in [0.2, 0.25) is 5.02 Å². The Balaban J connectivity index is 3.08. The topological polar surface area (TPSA) is 34.1 Å². The minimum Gasteiger partial charge on any atom is -0.232 e. The van der Waals surface area contributed by atoms with E-state index in [1.807, 2.05) is 0 Å². The average Bonchev–Trinajstić information content (AvgIpc) is 1.98. The molecule has 0 unspecified atom stereocenters. The van der Waals surface area contributed by atoms with Crippen molar-refractivity contribution >= 4 is 38.2 Å². The zero-order valence-electron chi connectivity index (χ0n) is 5.96. The first kappa shape index (κ1) is 10.0. The van der Waals surface area contributed by atoms with Crippen molar-refractivity contribution in [3.05, 3.63) is 33.3 Å². The third kappa shape index (κ3) is 2.47. The molecule has 1 aromatic carbocycles. The summed E-state index contributed by atoms with van der Waals surface area (Å²) < 4.78 is 21.5. The highest BCUT2D eigenvalue weighted by Gasteiger charge is 2.03. The van der Waals surface area contributed by atoms with Gasteiger partial charge in [-0.3, -0.25) is 0 Å². The fraction of sp³-hybridized carbons (Fsp3) is 0.143. The molecule has 0 bridgehead atoms. The maximum absolute atomic E-state index is 10.4. The lowest BCUT2D eigenvalue weighted by atomic mass is 10.2. The smallest absolute Gasteiger partial charge is 0.144 e. The third-order valence-corrected chi connectivity index (χ3v) is 3.27. The van der Waals surface area contributed by atoms with Crippen molar-refractivity contribution in [3.63, 3.8) is 0 Å². The molecule has 0 N–H and O–H groups in total. The van der Waals surface area contributed by atoms with Crippen molar-refractivity contribution in [2.45, 2.75) is 5.75 Å². The van der Waals surface area contributed by atoms with Crippen LogP contribution in [0.5, 0.6) is 0 Å². The fourth-order valence-corrected chi connectivity index (χ4v) is 2.04. The number of halogens is 2. The van der Waals surface area contributed by atoms with E-state index in [1.165, 1.54) is 0 Å². The van der Waals surface area contributed by atoms with E-state index in [9.17, 15) is 8.42 Å². The first-order valence-electron chi connectivity index (χ1n) is 3.16. The summed E-state index contributed by atoms with van der Waals surface area (Å²) in [6.07, 6.45) is 0. The summed E-state index contributed by atoms with van der Waals surface area (Å²) in [5.41, 5.74) is 0.627. The molecule has 0 aliphatic carbocycles. The molecule has 2 nitrogen and oxygen atoms in total. The lowest BCUT2D eigenvalue weighted by molar-refractivity contribution is 0.614. The van der Waals surface area contributed by atoms with Gasteiger partial charge >= 0.3 is 0 Å². The van der Waals surface area contributed by atoms with Crippen LogP contribution in [-0.2, 0) is 16.5 Å². The van der Waals surface area contributed by atoms with Crippen LogP contribution >= 0.6 is 27.5 Å². The largest absolute Gasteiger partial charge is 0.232 e. The Morgan fingerprint density at radius 1 is 1.42 bits per heavy atom.